The topological polar surface area (TPSA) is 482 Å². The van der Waals surface area contributed by atoms with E-state index in [-0.39, 0.29) is 114 Å². The summed E-state index contributed by atoms with van der Waals surface area (Å²) in [5.41, 5.74) is 13.6. The first-order chi connectivity index (χ1) is 62.2. The molecule has 3 heterocycles. The first kappa shape index (κ1) is 107. The number of carbonyl (C=O) groups excluding carboxylic acids is 13. The molecular weight excluding hydrogens is 1640 g/mol. The summed E-state index contributed by atoms with van der Waals surface area (Å²) in [6, 6.07) is 15.5. The average Bonchev–Trinajstić information content (AvgIpc) is 1.77. The molecule has 2 unspecified atom stereocenters. The largest absolute Gasteiger partial charge is 0.391 e. The molecule has 0 aliphatic carbocycles. The summed E-state index contributed by atoms with van der Waals surface area (Å²) >= 11 is 0. The molecule has 0 saturated carbocycles. The fraction of sp³-hybridized carbons (Fsp3) is 0.622. The summed E-state index contributed by atoms with van der Waals surface area (Å²) < 4.78 is 0. The van der Waals surface area contributed by atoms with Gasteiger partial charge in [0.05, 0.1) is 18.3 Å². The Morgan fingerprint density at radius 2 is 1.12 bits per heavy atom. The summed E-state index contributed by atoms with van der Waals surface area (Å²) in [4.78, 5) is 198. The van der Waals surface area contributed by atoms with Gasteiger partial charge in [0, 0.05) is 88.6 Å². The maximum Gasteiger partial charge on any atom is 0.246 e. The number of hydrogen-bond donors (Lipinski definition) is 16. The normalized spacial score (nSPS) is 20.4. The molecule has 3 aromatic carbocycles. The Morgan fingerprint density at radius 3 is 1.68 bits per heavy atom. The van der Waals surface area contributed by atoms with E-state index >= 15 is 28.8 Å². The summed E-state index contributed by atoms with van der Waals surface area (Å²) in [7, 11) is 0. The minimum atomic E-state index is -1.60. The zero-order chi connectivity index (χ0) is 93.7. The van der Waals surface area contributed by atoms with Crippen molar-refractivity contribution in [2.24, 2.45) is 29.2 Å². The van der Waals surface area contributed by atoms with Gasteiger partial charge in [-0.05, 0) is 145 Å². The van der Waals surface area contributed by atoms with Crippen molar-refractivity contribution in [1.29, 1.82) is 5.41 Å². The smallest absolute Gasteiger partial charge is 0.246 e. The molecule has 0 radical (unpaired) electrons. The molecule has 0 spiro atoms. The summed E-state index contributed by atoms with van der Waals surface area (Å²) in [5.74, 6) is -11.0. The van der Waals surface area contributed by atoms with Gasteiger partial charge in [0.25, 0.3) is 0 Å². The first-order valence-electron chi connectivity index (χ1n) is 47.7. The molecular formula is C98H151N17O14. The van der Waals surface area contributed by atoms with Crippen molar-refractivity contribution in [3.8, 4) is 0 Å². The molecule has 1 fully saturated rings. The average molecular weight is 1790 g/mol. The van der Waals surface area contributed by atoms with Gasteiger partial charge in [-0.15, -0.1) is 0 Å². The van der Waals surface area contributed by atoms with Gasteiger partial charge < -0.3 is 84.9 Å². The van der Waals surface area contributed by atoms with Crippen LogP contribution in [0.3, 0.4) is 0 Å². The zero-order valence-electron chi connectivity index (χ0n) is 77.3. The van der Waals surface area contributed by atoms with Crippen molar-refractivity contribution in [2.75, 3.05) is 26.2 Å². The van der Waals surface area contributed by atoms with E-state index < -0.39 is 150 Å². The van der Waals surface area contributed by atoms with Crippen LogP contribution in [0.4, 0.5) is 0 Å². The number of nitrogens with one attached hydrogen (secondary N) is 13. The summed E-state index contributed by atoms with van der Waals surface area (Å²) in [6.07, 6.45) is 26.3. The highest BCUT2D eigenvalue weighted by Crippen LogP contribution is 2.33. The maximum atomic E-state index is 16.2. The number of rotatable bonds is 48. The Morgan fingerprint density at radius 1 is 0.558 bits per heavy atom. The number of aliphatic hydroxyl groups excluding tert-OH is 1. The lowest BCUT2D eigenvalue weighted by Gasteiger charge is -2.35. The van der Waals surface area contributed by atoms with Crippen molar-refractivity contribution in [3.05, 3.63) is 138 Å². The molecule has 4 aromatic rings. The number of carbonyl (C=O) groups is 13. The molecule has 1 saturated heterocycles. The van der Waals surface area contributed by atoms with Gasteiger partial charge in [-0.1, -0.05) is 228 Å². The third kappa shape index (κ3) is 41.2. The van der Waals surface area contributed by atoms with Crippen LogP contribution >= 0.6 is 0 Å². The number of Topliss-reactive ketones (excluding diaryl/α,β-unsaturated/α-hetero) is 1. The number of primary amides is 1. The lowest BCUT2D eigenvalue weighted by atomic mass is 9.83. The number of aliphatic hydroxyl groups is 1. The molecule has 31 nitrogen and oxygen atoms in total. The number of fused-ring (bicyclic) bond motifs is 1. The number of nitrogens with zero attached hydrogens (tertiary/aromatic N) is 2. The SMILES string of the molecule is CCCCCCCCCCCCCCCC(=O)NCCCCCC(=O)NCCCC[C@@H]1NC(=O)[C@@H]2CCCN2C(=O)[C@H](C(c2ccccc2)c2ccccc2)NC(=O)C(Cc2cnc[nH]2)CC(=O)[C@H]([C@@H](C)O)NC(=O)[C@@H](NC(=O)CC(C)C)CCC/C=C/CCC[C@@H](C(=O)N[C@H](CC(=O)N[C@H](CCCNC(=N)N)C(N)=O)Cc2ccccc2)NC(=O)C([C@@H](C)CC)NC1=O. The van der Waals surface area contributed by atoms with Gasteiger partial charge in [-0.3, -0.25) is 67.7 Å². The van der Waals surface area contributed by atoms with E-state index in [1.165, 1.54) is 88.6 Å². The number of allylic oxidation sites excluding steroid dienone is 2. The van der Waals surface area contributed by atoms with E-state index in [0.717, 1.165) is 37.7 Å². The van der Waals surface area contributed by atoms with Gasteiger partial charge in [0.1, 0.15) is 48.3 Å². The molecule has 12 atom stereocenters. The van der Waals surface area contributed by atoms with Gasteiger partial charge in [-0.25, -0.2) is 4.98 Å². The van der Waals surface area contributed by atoms with Crippen LogP contribution in [0.5, 0.6) is 0 Å². The predicted octanol–water partition coefficient (Wildman–Crippen LogP) is 9.44. The van der Waals surface area contributed by atoms with Gasteiger partial charge >= 0.3 is 0 Å². The third-order valence-electron chi connectivity index (χ3n) is 24.1. The maximum absolute atomic E-state index is 16.2. The molecule has 18 N–H and O–H groups in total. The van der Waals surface area contributed by atoms with Crippen molar-refractivity contribution < 1.29 is 67.4 Å². The van der Waals surface area contributed by atoms with Gasteiger partial charge in [0.2, 0.25) is 70.9 Å². The van der Waals surface area contributed by atoms with Crippen molar-refractivity contribution in [1.82, 2.24) is 73.4 Å². The van der Waals surface area contributed by atoms with E-state index in [2.05, 4.69) is 75.4 Å². The molecule has 712 valence electrons. The van der Waals surface area contributed by atoms with Crippen LogP contribution in [0.15, 0.2) is 116 Å². The van der Waals surface area contributed by atoms with Gasteiger partial charge in [-0.2, -0.15) is 0 Å². The number of guanidine groups is 1. The lowest BCUT2D eigenvalue weighted by molar-refractivity contribution is -0.143. The number of nitrogens with two attached hydrogens (primary N) is 2. The first-order valence-corrected chi connectivity index (χ1v) is 47.7. The predicted molar refractivity (Wildman–Crippen MR) is 500 cm³/mol. The monoisotopic (exact) mass is 1790 g/mol. The zero-order valence-corrected chi connectivity index (χ0v) is 77.3. The van der Waals surface area contributed by atoms with Crippen LogP contribution in [0.2, 0.25) is 0 Å². The van der Waals surface area contributed by atoms with E-state index in [1.54, 1.807) is 55.5 Å². The van der Waals surface area contributed by atoms with E-state index in [4.69, 9.17) is 16.9 Å². The van der Waals surface area contributed by atoms with E-state index in [1.807, 2.05) is 75.4 Å². The van der Waals surface area contributed by atoms with Crippen molar-refractivity contribution in [3.63, 3.8) is 0 Å². The number of ketones is 1. The van der Waals surface area contributed by atoms with Crippen molar-refractivity contribution >= 4 is 82.6 Å². The fourth-order valence-corrected chi connectivity index (χ4v) is 16.6. The van der Waals surface area contributed by atoms with Crippen LogP contribution in [-0.2, 0) is 75.2 Å². The minimum absolute atomic E-state index is 0.0194. The third-order valence-corrected chi connectivity index (χ3v) is 24.1. The number of imidazole rings is 1. The van der Waals surface area contributed by atoms with Crippen LogP contribution in [-0.4, -0.2) is 189 Å². The number of unbranched alkanes of at least 4 members (excludes halogenated alkanes) is 15. The molecule has 6 rings (SSSR count). The Labute approximate surface area is 763 Å². The molecule has 2 aliphatic rings. The van der Waals surface area contributed by atoms with Crippen LogP contribution < -0.4 is 70.0 Å². The highest BCUT2D eigenvalue weighted by atomic mass is 16.3. The van der Waals surface area contributed by atoms with Crippen LogP contribution in [0, 0.1) is 23.2 Å². The number of amides is 12. The number of hydrogen-bond acceptors (Lipinski definition) is 16. The second-order valence-corrected chi connectivity index (χ2v) is 35.5. The Hall–Kier alpha value is -10.9. The second kappa shape index (κ2) is 60.9. The van der Waals surface area contributed by atoms with Crippen LogP contribution in [0.1, 0.15) is 295 Å². The fourth-order valence-electron chi connectivity index (χ4n) is 16.6. The molecule has 129 heavy (non-hydrogen) atoms. The Bertz CT molecular complexity index is 4060. The number of aromatic amines is 1. The number of aromatic nitrogens is 2. The van der Waals surface area contributed by atoms with Crippen molar-refractivity contribution in [2.45, 2.75) is 346 Å². The standard InChI is InChI=1S/C98H151N17O14/c1-7-9-10-11-12-13-14-15-16-17-18-23-36-54-82(118)103-56-39-27-37-55-83(119)104-57-40-38-51-79-94(126)112-87(68(5)8-2)96(128)111-78(92(124)107-74(61-70-43-28-24-29-44-70)64-85(121)108-76(90(99)122)52-41-58-105-98(100)101)50-35-22-20-19-21-34-49-77(109-84(120)60-67(3)4)93(125)113-88(69(6)116)81(117)63-73(62-75-65-102-66-106-75)91(123)114-89(97(129)115-59-42-53-80(115)95(127)110-79)86(71-45-30-25-31-46-71)72-47-32-26-33-48-72/h19-20,24-26,28-33,43-48,65-69,73-74,76-80,86-89,116H,7-18,21-23,27,34-42,49-64H2,1-6H3,(H2,99,122)(H,102,106)(H,103,118)(H,104,119)(H,107,124)(H,108,121)(H,109,120)(H,110,127)(H,111,128)(H,112,126)(H,113,125)(H,114,123)(H4,100,101,105)/b20-19+/t68-,69+,73?,74-,76+,77-,78-,79-,80-,87?,88-,89-/m0/s1. The summed E-state index contributed by atoms with van der Waals surface area (Å²) in [5, 5.41) is 50.9. The van der Waals surface area contributed by atoms with Crippen LogP contribution in [0.25, 0.3) is 0 Å². The Balaban J connectivity index is 1.32. The van der Waals surface area contributed by atoms with E-state index in [0.29, 0.717) is 87.6 Å². The molecule has 0 bridgehead atoms. The highest BCUT2D eigenvalue weighted by molar-refractivity contribution is 5.99. The molecule has 31 heteroatoms. The minimum Gasteiger partial charge on any atom is -0.391 e. The van der Waals surface area contributed by atoms with Gasteiger partial charge in [0.15, 0.2) is 11.7 Å². The molecule has 1 aromatic heterocycles. The number of benzene rings is 3. The second-order valence-electron chi connectivity index (χ2n) is 35.5. The lowest BCUT2D eigenvalue weighted by Crippen LogP contribution is -2.60. The highest BCUT2D eigenvalue weighted by Gasteiger charge is 2.45. The number of H-pyrrole nitrogens is 1. The van der Waals surface area contributed by atoms with E-state index in [9.17, 15) is 38.7 Å². The summed E-state index contributed by atoms with van der Waals surface area (Å²) in [6.45, 7) is 11.8. The molecule has 12 amide bonds. The molecule has 2 aliphatic heterocycles. The Kier molecular flexibility index (Phi) is 50.4. The quantitative estimate of drug-likeness (QED) is 0.00846.